The van der Waals surface area contributed by atoms with Gasteiger partial charge in [-0.1, -0.05) is 12.5 Å². The molecule has 0 radical (unpaired) electrons. The molecule has 0 bridgehead atoms. The van der Waals surface area contributed by atoms with E-state index in [1.807, 2.05) is 0 Å². The number of sulfonamides is 1. The van der Waals surface area contributed by atoms with Gasteiger partial charge >= 0.3 is 5.97 Å². The van der Waals surface area contributed by atoms with Crippen molar-refractivity contribution in [1.29, 1.82) is 0 Å². The van der Waals surface area contributed by atoms with Crippen molar-refractivity contribution in [1.82, 2.24) is 4.72 Å². The van der Waals surface area contributed by atoms with Crippen LogP contribution in [0.4, 0.5) is 10.1 Å². The van der Waals surface area contributed by atoms with Crippen molar-refractivity contribution >= 4 is 27.6 Å². The predicted octanol–water partition coefficient (Wildman–Crippen LogP) is 2.93. The largest absolute Gasteiger partial charge is 0.486 e. The Morgan fingerprint density at radius 1 is 1.03 bits per heavy atom. The average Bonchev–Trinajstić information content (AvgIpc) is 2.81. The third-order valence-electron chi connectivity index (χ3n) is 4.94. The second-order valence-electron chi connectivity index (χ2n) is 7.71. The lowest BCUT2D eigenvalue weighted by molar-refractivity contribution is -0.147. The highest BCUT2D eigenvalue weighted by molar-refractivity contribution is 7.89. The summed E-state index contributed by atoms with van der Waals surface area (Å²) in [6, 6.07) is 8.82. The fraction of sp³-hybridized carbons (Fsp3) is 0.391. The highest BCUT2D eigenvalue weighted by Crippen LogP contribution is 2.32. The van der Waals surface area contributed by atoms with Crippen LogP contribution in [0.1, 0.15) is 31.2 Å². The number of unbranched alkanes of at least 4 members (excludes halogenated alkanes) is 2. The van der Waals surface area contributed by atoms with Crippen LogP contribution >= 0.6 is 0 Å². The molecule has 184 valence electrons. The van der Waals surface area contributed by atoms with Crippen molar-refractivity contribution in [3.8, 4) is 11.5 Å². The molecule has 3 rings (SSSR count). The molecule has 2 N–H and O–H groups in total. The smallest absolute Gasteiger partial charge is 0.306 e. The number of rotatable bonds is 11. The third-order valence-corrected chi connectivity index (χ3v) is 6.40. The molecule has 9 nitrogen and oxygen atoms in total. The summed E-state index contributed by atoms with van der Waals surface area (Å²) in [6.07, 6.45) is 1.66. The highest BCUT2D eigenvalue weighted by Gasteiger charge is 2.19. The molecule has 1 heterocycles. The lowest BCUT2D eigenvalue weighted by atomic mass is 10.2. The Kier molecular flexibility index (Phi) is 8.83. The van der Waals surface area contributed by atoms with Crippen LogP contribution in [0.15, 0.2) is 41.3 Å². The first-order valence-electron chi connectivity index (χ1n) is 10.9. The summed E-state index contributed by atoms with van der Waals surface area (Å²) >= 11 is 0. The lowest BCUT2D eigenvalue weighted by Gasteiger charge is -2.18. The molecule has 0 fully saturated rings. The molecule has 11 heteroatoms. The maximum atomic E-state index is 13.7. The SMILES string of the molecule is Cc1ccc(NC(=O)COC(=O)CCCCCNS(=O)(=O)c2ccc3c(c2)OCCO3)c(F)c1. The maximum absolute atomic E-state index is 13.7. The van der Waals surface area contributed by atoms with E-state index in [0.717, 1.165) is 5.56 Å². The number of aryl methyl sites for hydroxylation is 1. The first-order valence-corrected chi connectivity index (χ1v) is 12.3. The van der Waals surface area contributed by atoms with E-state index >= 15 is 0 Å². The van der Waals surface area contributed by atoms with E-state index in [2.05, 4.69) is 10.0 Å². The van der Waals surface area contributed by atoms with Gasteiger partial charge in [0.25, 0.3) is 5.91 Å². The van der Waals surface area contributed by atoms with Crippen LogP contribution < -0.4 is 19.5 Å². The predicted molar refractivity (Wildman–Crippen MR) is 122 cm³/mol. The monoisotopic (exact) mass is 494 g/mol. The zero-order valence-corrected chi connectivity index (χ0v) is 19.6. The standard InChI is InChI=1S/C23H27FN2O7S/c1-16-6-8-19(18(24)13-16)26-22(27)15-33-23(28)5-3-2-4-10-25-34(29,30)17-7-9-20-21(14-17)32-12-11-31-20/h6-9,13-14,25H,2-5,10-12,15H2,1H3,(H,26,27). The summed E-state index contributed by atoms with van der Waals surface area (Å²) in [5, 5.41) is 2.35. The quantitative estimate of drug-likeness (QED) is 0.364. The van der Waals surface area contributed by atoms with Crippen molar-refractivity contribution < 1.29 is 36.6 Å². The van der Waals surface area contributed by atoms with Crippen molar-refractivity contribution in [3.63, 3.8) is 0 Å². The van der Waals surface area contributed by atoms with Crippen LogP contribution in [0.3, 0.4) is 0 Å². The maximum Gasteiger partial charge on any atom is 0.306 e. The Balaban J connectivity index is 1.30. The number of carbonyl (C=O) groups is 2. The molecule has 1 aliphatic heterocycles. The highest BCUT2D eigenvalue weighted by atomic mass is 32.2. The number of hydrogen-bond acceptors (Lipinski definition) is 7. The summed E-state index contributed by atoms with van der Waals surface area (Å²) in [6.45, 7) is 2.21. The Morgan fingerprint density at radius 2 is 1.79 bits per heavy atom. The van der Waals surface area contributed by atoms with Crippen LogP contribution in [-0.4, -0.2) is 46.7 Å². The van der Waals surface area contributed by atoms with Crippen molar-refractivity contribution in [2.75, 3.05) is 31.7 Å². The van der Waals surface area contributed by atoms with E-state index in [4.69, 9.17) is 14.2 Å². The van der Waals surface area contributed by atoms with E-state index in [-0.39, 0.29) is 23.5 Å². The molecule has 34 heavy (non-hydrogen) atoms. The number of amides is 1. The molecule has 2 aromatic rings. The normalized spacial score (nSPS) is 12.8. The van der Waals surface area contributed by atoms with Gasteiger partial charge < -0.3 is 19.5 Å². The molecule has 0 aromatic heterocycles. The van der Waals surface area contributed by atoms with E-state index in [1.54, 1.807) is 19.1 Å². The minimum Gasteiger partial charge on any atom is -0.486 e. The molecular weight excluding hydrogens is 467 g/mol. The van der Waals surface area contributed by atoms with Crippen molar-refractivity contribution in [3.05, 3.63) is 47.8 Å². The summed E-state index contributed by atoms with van der Waals surface area (Å²) < 4.78 is 56.8. The molecule has 0 atom stereocenters. The summed E-state index contributed by atoms with van der Waals surface area (Å²) in [5.74, 6) is -0.854. The fourth-order valence-corrected chi connectivity index (χ4v) is 4.27. The molecule has 0 saturated carbocycles. The van der Waals surface area contributed by atoms with Crippen molar-refractivity contribution in [2.45, 2.75) is 37.5 Å². The van der Waals surface area contributed by atoms with Gasteiger partial charge in [0.15, 0.2) is 18.1 Å². The zero-order valence-electron chi connectivity index (χ0n) is 18.8. The molecule has 0 saturated heterocycles. The number of nitrogens with one attached hydrogen (secondary N) is 2. The van der Waals surface area contributed by atoms with Gasteiger partial charge in [0.05, 0.1) is 10.6 Å². The number of ether oxygens (including phenoxy) is 3. The van der Waals surface area contributed by atoms with Crippen LogP contribution in [0.25, 0.3) is 0 Å². The number of hydrogen-bond donors (Lipinski definition) is 2. The number of carbonyl (C=O) groups excluding carboxylic acids is 2. The molecule has 0 unspecified atom stereocenters. The average molecular weight is 495 g/mol. The summed E-state index contributed by atoms with van der Waals surface area (Å²) in [4.78, 5) is 23.7. The van der Waals surface area contributed by atoms with Gasteiger partial charge in [0.1, 0.15) is 19.0 Å². The van der Waals surface area contributed by atoms with Crippen LogP contribution in [0, 0.1) is 12.7 Å². The van der Waals surface area contributed by atoms with Gasteiger partial charge in [0, 0.05) is 19.0 Å². The number of esters is 1. The van der Waals surface area contributed by atoms with Gasteiger partial charge in [-0.25, -0.2) is 17.5 Å². The van der Waals surface area contributed by atoms with Gasteiger partial charge in [-0.3, -0.25) is 9.59 Å². The fourth-order valence-electron chi connectivity index (χ4n) is 3.18. The summed E-state index contributed by atoms with van der Waals surface area (Å²) in [7, 11) is -3.70. The van der Waals surface area contributed by atoms with E-state index in [0.29, 0.717) is 44.0 Å². The van der Waals surface area contributed by atoms with Crippen LogP contribution in [-0.2, 0) is 24.3 Å². The molecular formula is C23H27FN2O7S. The Morgan fingerprint density at radius 3 is 2.56 bits per heavy atom. The van der Waals surface area contributed by atoms with Gasteiger partial charge in [0.2, 0.25) is 10.0 Å². The van der Waals surface area contributed by atoms with E-state index in [9.17, 15) is 22.4 Å². The first-order chi connectivity index (χ1) is 16.2. The Hall–Kier alpha value is -3.18. The lowest BCUT2D eigenvalue weighted by Crippen LogP contribution is -2.25. The van der Waals surface area contributed by atoms with Crippen LogP contribution in [0.5, 0.6) is 11.5 Å². The van der Waals surface area contributed by atoms with Crippen LogP contribution in [0.2, 0.25) is 0 Å². The molecule has 1 aliphatic rings. The first kappa shape index (κ1) is 25.4. The third kappa shape index (κ3) is 7.42. The Bertz CT molecular complexity index is 1140. The number of halogens is 1. The summed E-state index contributed by atoms with van der Waals surface area (Å²) in [5.41, 5.74) is 0.739. The second kappa shape index (κ2) is 11.8. The van der Waals surface area contributed by atoms with Gasteiger partial charge in [-0.05, 0) is 49.6 Å². The molecule has 0 aliphatic carbocycles. The van der Waals surface area contributed by atoms with Gasteiger partial charge in [-0.15, -0.1) is 0 Å². The minimum absolute atomic E-state index is 0.0188. The molecule has 0 spiro atoms. The second-order valence-corrected chi connectivity index (χ2v) is 9.47. The number of anilines is 1. The number of benzene rings is 2. The topological polar surface area (TPSA) is 120 Å². The molecule has 1 amide bonds. The van der Waals surface area contributed by atoms with Gasteiger partial charge in [-0.2, -0.15) is 0 Å². The number of fused-ring (bicyclic) bond motifs is 1. The van der Waals surface area contributed by atoms with E-state index < -0.39 is 34.3 Å². The van der Waals surface area contributed by atoms with E-state index in [1.165, 1.54) is 24.3 Å². The minimum atomic E-state index is -3.70. The zero-order chi connectivity index (χ0) is 24.6. The molecule has 2 aromatic carbocycles. The Labute approximate surface area is 197 Å². The van der Waals surface area contributed by atoms with Crippen molar-refractivity contribution in [2.24, 2.45) is 0 Å².